The minimum Gasteiger partial charge on any atom is -0.462 e. The largest absolute Gasteiger partial charge is 0.462 e. The summed E-state index contributed by atoms with van der Waals surface area (Å²) in [5.74, 6) is -0.280. The molecule has 1 saturated heterocycles. The van der Waals surface area contributed by atoms with E-state index in [1.807, 2.05) is 6.92 Å². The fourth-order valence-electron chi connectivity index (χ4n) is 3.06. The monoisotopic (exact) mass is 344 g/mol. The first-order valence-corrected chi connectivity index (χ1v) is 8.98. The zero-order valence-electron chi connectivity index (χ0n) is 14.5. The van der Waals surface area contributed by atoms with E-state index < -0.39 is 0 Å². The summed E-state index contributed by atoms with van der Waals surface area (Å²) in [6.45, 7) is 2.99. The Kier molecular flexibility index (Phi) is 5.36. The number of hydrogen-bond acceptors (Lipinski definition) is 4. The van der Waals surface area contributed by atoms with Crippen molar-refractivity contribution in [1.82, 2.24) is 4.90 Å². The molecule has 1 heterocycles. The Labute approximate surface area is 147 Å². The maximum absolute atomic E-state index is 12.5. The number of nitrogens with one attached hydrogen (secondary N) is 1. The minimum atomic E-state index is -0.387. The lowest BCUT2D eigenvalue weighted by Gasteiger charge is -2.24. The highest BCUT2D eigenvalue weighted by atomic mass is 16.5. The standard InChI is InChI=1S/C19H24N2O4/c1-2-12-25-19(24)14-7-9-15(10-8-14)20-17(22)16-4-3-11-21(16)18(23)13-5-6-13/h7-10,13,16H,2-6,11-12H2,1H3,(H,20,22)/t16-/m1/s1. The molecule has 0 aromatic heterocycles. The summed E-state index contributed by atoms with van der Waals surface area (Å²) >= 11 is 0. The van der Waals surface area contributed by atoms with Crippen LogP contribution in [-0.2, 0) is 14.3 Å². The lowest BCUT2D eigenvalue weighted by molar-refractivity contribution is -0.137. The molecular weight excluding hydrogens is 320 g/mol. The lowest BCUT2D eigenvalue weighted by atomic mass is 10.1. The molecule has 1 aromatic rings. The van der Waals surface area contributed by atoms with E-state index in [1.54, 1.807) is 29.2 Å². The van der Waals surface area contributed by atoms with E-state index in [2.05, 4.69) is 5.32 Å². The number of nitrogens with zero attached hydrogens (tertiary/aromatic N) is 1. The number of esters is 1. The fourth-order valence-corrected chi connectivity index (χ4v) is 3.06. The highest BCUT2D eigenvalue weighted by Gasteiger charge is 2.40. The number of anilines is 1. The summed E-state index contributed by atoms with van der Waals surface area (Å²) in [5, 5.41) is 2.85. The number of amides is 2. The molecule has 6 heteroatoms. The highest BCUT2D eigenvalue weighted by Crippen LogP contribution is 2.33. The number of carbonyl (C=O) groups excluding carboxylic acids is 3. The van der Waals surface area contributed by atoms with Gasteiger partial charge in [-0.25, -0.2) is 4.79 Å². The number of benzene rings is 1. The van der Waals surface area contributed by atoms with Crippen LogP contribution in [0.1, 0.15) is 49.4 Å². The third-order valence-electron chi connectivity index (χ3n) is 4.59. The number of likely N-dealkylation sites (tertiary alicyclic amines) is 1. The van der Waals surface area contributed by atoms with E-state index in [0.717, 1.165) is 25.7 Å². The molecule has 2 amide bonds. The van der Waals surface area contributed by atoms with Crippen LogP contribution in [0.4, 0.5) is 5.69 Å². The molecule has 6 nitrogen and oxygen atoms in total. The van der Waals surface area contributed by atoms with Crippen LogP contribution in [0, 0.1) is 5.92 Å². The number of hydrogen-bond donors (Lipinski definition) is 1. The molecule has 2 fully saturated rings. The normalized spacial score (nSPS) is 19.6. The zero-order chi connectivity index (χ0) is 17.8. The highest BCUT2D eigenvalue weighted by molar-refractivity contribution is 5.98. The first kappa shape index (κ1) is 17.5. The molecule has 0 unspecified atom stereocenters. The third kappa shape index (κ3) is 4.18. The average Bonchev–Trinajstić information content (AvgIpc) is 3.35. The van der Waals surface area contributed by atoms with Crippen LogP contribution in [0.25, 0.3) is 0 Å². The van der Waals surface area contributed by atoms with Crippen molar-refractivity contribution in [1.29, 1.82) is 0 Å². The Balaban J connectivity index is 1.58. The van der Waals surface area contributed by atoms with Crippen molar-refractivity contribution in [2.24, 2.45) is 5.92 Å². The van der Waals surface area contributed by atoms with E-state index in [-0.39, 0.29) is 29.7 Å². The Morgan fingerprint density at radius 3 is 2.52 bits per heavy atom. The summed E-state index contributed by atoms with van der Waals surface area (Å²) in [6, 6.07) is 6.25. The van der Waals surface area contributed by atoms with E-state index in [4.69, 9.17) is 4.74 Å². The molecular formula is C19H24N2O4. The van der Waals surface area contributed by atoms with Gasteiger partial charge in [0.2, 0.25) is 11.8 Å². The number of ether oxygens (including phenoxy) is 1. The minimum absolute atomic E-state index is 0.117. The van der Waals surface area contributed by atoms with Crippen LogP contribution in [0.15, 0.2) is 24.3 Å². The van der Waals surface area contributed by atoms with Gasteiger partial charge in [-0.05, 0) is 56.4 Å². The molecule has 2 aliphatic rings. The van der Waals surface area contributed by atoms with E-state index >= 15 is 0 Å². The van der Waals surface area contributed by atoms with E-state index in [9.17, 15) is 14.4 Å². The van der Waals surface area contributed by atoms with Crippen LogP contribution in [0.3, 0.4) is 0 Å². The van der Waals surface area contributed by atoms with Gasteiger partial charge in [0.15, 0.2) is 0 Å². The van der Waals surface area contributed by atoms with Crippen molar-refractivity contribution in [3.63, 3.8) is 0 Å². The lowest BCUT2D eigenvalue weighted by Crippen LogP contribution is -2.43. The second-order valence-corrected chi connectivity index (χ2v) is 6.67. The Morgan fingerprint density at radius 2 is 1.88 bits per heavy atom. The van der Waals surface area contributed by atoms with Gasteiger partial charge in [-0.15, -0.1) is 0 Å². The van der Waals surface area contributed by atoms with Crippen LogP contribution >= 0.6 is 0 Å². The SMILES string of the molecule is CCCOC(=O)c1ccc(NC(=O)[C@H]2CCCN2C(=O)C2CC2)cc1. The molecule has 134 valence electrons. The van der Waals surface area contributed by atoms with Gasteiger partial charge in [0, 0.05) is 18.2 Å². The Hall–Kier alpha value is -2.37. The summed E-state index contributed by atoms with van der Waals surface area (Å²) < 4.78 is 5.08. The Morgan fingerprint density at radius 1 is 1.16 bits per heavy atom. The second-order valence-electron chi connectivity index (χ2n) is 6.67. The quantitative estimate of drug-likeness (QED) is 0.805. The van der Waals surface area contributed by atoms with Crippen LogP contribution in [0.5, 0.6) is 0 Å². The van der Waals surface area contributed by atoms with Crippen molar-refractivity contribution in [2.45, 2.75) is 45.1 Å². The first-order valence-electron chi connectivity index (χ1n) is 8.98. The van der Waals surface area contributed by atoms with Crippen LogP contribution in [0.2, 0.25) is 0 Å². The van der Waals surface area contributed by atoms with Gasteiger partial charge in [0.1, 0.15) is 6.04 Å². The molecule has 1 aromatic carbocycles. The average molecular weight is 344 g/mol. The zero-order valence-corrected chi connectivity index (χ0v) is 14.5. The molecule has 1 atom stereocenters. The molecule has 1 N–H and O–H groups in total. The predicted molar refractivity (Wildman–Crippen MR) is 93.1 cm³/mol. The summed E-state index contributed by atoms with van der Waals surface area (Å²) in [6.07, 6.45) is 4.22. The second kappa shape index (κ2) is 7.68. The molecule has 0 bridgehead atoms. The van der Waals surface area contributed by atoms with Crippen molar-refractivity contribution in [3.8, 4) is 0 Å². The summed E-state index contributed by atoms with van der Waals surface area (Å²) in [4.78, 5) is 38.3. The van der Waals surface area contributed by atoms with Gasteiger partial charge >= 0.3 is 5.97 Å². The predicted octanol–water partition coefficient (Wildman–Crippen LogP) is 2.59. The van der Waals surface area contributed by atoms with Gasteiger partial charge in [0.25, 0.3) is 0 Å². The van der Waals surface area contributed by atoms with Crippen molar-refractivity contribution >= 4 is 23.5 Å². The number of rotatable bonds is 6. The molecule has 1 saturated carbocycles. The maximum atomic E-state index is 12.5. The van der Waals surface area contributed by atoms with Crippen LogP contribution in [-0.4, -0.2) is 41.9 Å². The van der Waals surface area contributed by atoms with E-state index in [1.165, 1.54) is 0 Å². The molecule has 0 radical (unpaired) electrons. The van der Waals surface area contributed by atoms with Crippen molar-refractivity contribution < 1.29 is 19.1 Å². The van der Waals surface area contributed by atoms with Gasteiger partial charge in [-0.1, -0.05) is 6.92 Å². The Bertz CT molecular complexity index is 652. The fraction of sp³-hybridized carbons (Fsp3) is 0.526. The van der Waals surface area contributed by atoms with Gasteiger partial charge in [0.05, 0.1) is 12.2 Å². The topological polar surface area (TPSA) is 75.7 Å². The number of carbonyl (C=O) groups is 3. The maximum Gasteiger partial charge on any atom is 0.338 e. The smallest absolute Gasteiger partial charge is 0.338 e. The summed E-state index contributed by atoms with van der Waals surface area (Å²) in [5.41, 5.74) is 1.07. The molecule has 1 aliphatic heterocycles. The van der Waals surface area contributed by atoms with E-state index in [0.29, 0.717) is 30.8 Å². The van der Waals surface area contributed by atoms with Crippen molar-refractivity contribution in [3.05, 3.63) is 29.8 Å². The molecule has 25 heavy (non-hydrogen) atoms. The molecule has 1 aliphatic carbocycles. The summed E-state index contributed by atoms with van der Waals surface area (Å²) in [7, 11) is 0. The van der Waals surface area contributed by atoms with Gasteiger partial charge < -0.3 is 15.0 Å². The first-order chi connectivity index (χ1) is 12.1. The van der Waals surface area contributed by atoms with Gasteiger partial charge in [-0.2, -0.15) is 0 Å². The van der Waals surface area contributed by atoms with Gasteiger partial charge in [-0.3, -0.25) is 9.59 Å². The van der Waals surface area contributed by atoms with Crippen LogP contribution < -0.4 is 5.32 Å². The third-order valence-corrected chi connectivity index (χ3v) is 4.59. The van der Waals surface area contributed by atoms with Crippen molar-refractivity contribution in [2.75, 3.05) is 18.5 Å². The molecule has 0 spiro atoms. The molecule has 3 rings (SSSR count).